The largest absolute Gasteiger partial charge is 0.347 e. The smallest absolute Gasteiger partial charge is 0.318 e. The predicted octanol–water partition coefficient (Wildman–Crippen LogP) is 2.48. The summed E-state index contributed by atoms with van der Waals surface area (Å²) < 4.78 is 0. The third-order valence-corrected chi connectivity index (χ3v) is 4.36. The number of hydrogen-bond acceptors (Lipinski definition) is 2. The quantitative estimate of drug-likeness (QED) is 0.876. The summed E-state index contributed by atoms with van der Waals surface area (Å²) in [6.07, 6.45) is 3.62. The van der Waals surface area contributed by atoms with E-state index < -0.39 is 6.04 Å². The second-order valence-corrected chi connectivity index (χ2v) is 6.57. The highest BCUT2D eigenvalue weighted by Crippen LogP contribution is 2.27. The van der Waals surface area contributed by atoms with Gasteiger partial charge in [-0.25, -0.2) is 4.79 Å². The van der Waals surface area contributed by atoms with Gasteiger partial charge in [-0.3, -0.25) is 4.79 Å². The SMILES string of the molecule is CC(NC(=O)N(Cc1ccccc1)CC1CCC1)C(=O)N(C)C. The first-order valence-electron chi connectivity index (χ1n) is 8.28. The molecule has 1 N–H and O–H groups in total. The van der Waals surface area contributed by atoms with Gasteiger partial charge in [0.25, 0.3) is 0 Å². The molecule has 0 bridgehead atoms. The number of nitrogens with one attached hydrogen (secondary N) is 1. The minimum absolute atomic E-state index is 0.0957. The second-order valence-electron chi connectivity index (χ2n) is 6.57. The third kappa shape index (κ3) is 4.98. The van der Waals surface area contributed by atoms with Gasteiger partial charge in [-0.1, -0.05) is 36.8 Å². The average molecular weight is 317 g/mol. The Labute approximate surface area is 138 Å². The summed E-state index contributed by atoms with van der Waals surface area (Å²) in [7, 11) is 3.39. The Morgan fingerprint density at radius 1 is 1.22 bits per heavy atom. The number of likely N-dealkylation sites (N-methyl/N-ethyl adjacent to an activating group) is 1. The molecule has 1 aromatic carbocycles. The van der Waals surface area contributed by atoms with Gasteiger partial charge >= 0.3 is 6.03 Å². The lowest BCUT2D eigenvalue weighted by Crippen LogP contribution is -2.50. The van der Waals surface area contributed by atoms with E-state index in [1.807, 2.05) is 35.2 Å². The summed E-state index contributed by atoms with van der Waals surface area (Å²) in [5.74, 6) is 0.492. The number of nitrogens with zero attached hydrogens (tertiary/aromatic N) is 2. The standard InChI is InChI=1S/C18H27N3O2/c1-14(17(22)20(2)3)19-18(23)21(13-16-10-7-11-16)12-15-8-5-4-6-9-15/h4-6,8-9,14,16H,7,10-13H2,1-3H3,(H,19,23). The van der Waals surface area contributed by atoms with Crippen molar-refractivity contribution >= 4 is 11.9 Å². The fourth-order valence-electron chi connectivity index (χ4n) is 2.74. The van der Waals surface area contributed by atoms with Crippen molar-refractivity contribution in [2.45, 2.75) is 38.8 Å². The van der Waals surface area contributed by atoms with E-state index >= 15 is 0 Å². The summed E-state index contributed by atoms with van der Waals surface area (Å²) in [6.45, 7) is 3.06. The molecular formula is C18H27N3O2. The molecule has 5 heteroatoms. The van der Waals surface area contributed by atoms with E-state index in [1.54, 1.807) is 21.0 Å². The van der Waals surface area contributed by atoms with Crippen LogP contribution in [-0.4, -0.2) is 48.4 Å². The fraction of sp³-hybridized carbons (Fsp3) is 0.556. The molecule has 0 aromatic heterocycles. The normalized spacial score (nSPS) is 15.4. The Balaban J connectivity index is 2.00. The predicted molar refractivity (Wildman–Crippen MR) is 90.9 cm³/mol. The minimum Gasteiger partial charge on any atom is -0.347 e. The third-order valence-electron chi connectivity index (χ3n) is 4.36. The van der Waals surface area contributed by atoms with Crippen molar-refractivity contribution in [1.29, 1.82) is 0 Å². The molecule has 2 rings (SSSR count). The van der Waals surface area contributed by atoms with E-state index in [-0.39, 0.29) is 11.9 Å². The van der Waals surface area contributed by atoms with Crippen molar-refractivity contribution in [2.24, 2.45) is 5.92 Å². The summed E-state index contributed by atoms with van der Waals surface area (Å²) in [4.78, 5) is 27.9. The number of carbonyl (C=O) groups is 2. The number of benzene rings is 1. The van der Waals surface area contributed by atoms with Crippen molar-refractivity contribution < 1.29 is 9.59 Å². The van der Waals surface area contributed by atoms with Crippen LogP contribution in [0.2, 0.25) is 0 Å². The van der Waals surface area contributed by atoms with Crippen LogP contribution in [0.3, 0.4) is 0 Å². The van der Waals surface area contributed by atoms with Gasteiger partial charge in [0.15, 0.2) is 0 Å². The van der Waals surface area contributed by atoms with E-state index in [9.17, 15) is 9.59 Å². The summed E-state index contributed by atoms with van der Waals surface area (Å²) >= 11 is 0. The maximum atomic E-state index is 12.6. The molecule has 126 valence electrons. The maximum Gasteiger partial charge on any atom is 0.318 e. The van der Waals surface area contributed by atoms with Crippen LogP contribution in [0, 0.1) is 5.92 Å². The van der Waals surface area contributed by atoms with Crippen LogP contribution >= 0.6 is 0 Å². The van der Waals surface area contributed by atoms with Crippen LogP contribution in [0.4, 0.5) is 4.79 Å². The van der Waals surface area contributed by atoms with Gasteiger partial charge < -0.3 is 15.1 Å². The molecule has 1 fully saturated rings. The minimum atomic E-state index is -0.517. The zero-order valence-corrected chi connectivity index (χ0v) is 14.3. The van der Waals surface area contributed by atoms with Gasteiger partial charge in [0, 0.05) is 27.2 Å². The van der Waals surface area contributed by atoms with Crippen molar-refractivity contribution in [3.63, 3.8) is 0 Å². The van der Waals surface area contributed by atoms with E-state index in [0.717, 1.165) is 12.1 Å². The molecule has 23 heavy (non-hydrogen) atoms. The molecule has 1 aromatic rings. The van der Waals surface area contributed by atoms with E-state index in [1.165, 1.54) is 24.2 Å². The van der Waals surface area contributed by atoms with Gasteiger partial charge in [-0.2, -0.15) is 0 Å². The van der Waals surface area contributed by atoms with Gasteiger partial charge in [-0.15, -0.1) is 0 Å². The Morgan fingerprint density at radius 2 is 1.87 bits per heavy atom. The zero-order chi connectivity index (χ0) is 16.8. The van der Waals surface area contributed by atoms with Crippen LogP contribution in [0.1, 0.15) is 31.7 Å². The molecule has 0 radical (unpaired) electrons. The van der Waals surface area contributed by atoms with Gasteiger partial charge in [0.2, 0.25) is 5.91 Å². The number of rotatable bonds is 6. The Hall–Kier alpha value is -2.04. The maximum absolute atomic E-state index is 12.6. The van der Waals surface area contributed by atoms with Crippen LogP contribution in [0.5, 0.6) is 0 Å². The van der Waals surface area contributed by atoms with Crippen molar-refractivity contribution in [2.75, 3.05) is 20.6 Å². The lowest BCUT2D eigenvalue weighted by atomic mass is 9.85. The first kappa shape index (κ1) is 17.3. The molecule has 0 saturated heterocycles. The Bertz CT molecular complexity index is 526. The average Bonchev–Trinajstić information content (AvgIpc) is 2.49. The Kier molecular flexibility index (Phi) is 6.02. The lowest BCUT2D eigenvalue weighted by molar-refractivity contribution is -0.130. The molecule has 0 spiro atoms. The molecule has 1 atom stereocenters. The van der Waals surface area contributed by atoms with Crippen LogP contribution < -0.4 is 5.32 Å². The number of carbonyl (C=O) groups excluding carboxylic acids is 2. The van der Waals surface area contributed by atoms with Gasteiger partial charge in [0.1, 0.15) is 6.04 Å². The molecule has 0 heterocycles. The highest BCUT2D eigenvalue weighted by molar-refractivity contribution is 5.86. The van der Waals surface area contributed by atoms with Crippen molar-refractivity contribution in [1.82, 2.24) is 15.1 Å². The second kappa shape index (κ2) is 7.99. The van der Waals surface area contributed by atoms with Crippen molar-refractivity contribution in [3.05, 3.63) is 35.9 Å². The van der Waals surface area contributed by atoms with Crippen LogP contribution in [0.25, 0.3) is 0 Å². The highest BCUT2D eigenvalue weighted by Gasteiger charge is 2.26. The monoisotopic (exact) mass is 317 g/mol. The first-order valence-corrected chi connectivity index (χ1v) is 8.28. The van der Waals surface area contributed by atoms with Crippen molar-refractivity contribution in [3.8, 4) is 0 Å². The Morgan fingerprint density at radius 3 is 2.39 bits per heavy atom. The lowest BCUT2D eigenvalue weighted by Gasteiger charge is -2.33. The van der Waals surface area contributed by atoms with E-state index in [4.69, 9.17) is 0 Å². The molecule has 5 nitrogen and oxygen atoms in total. The highest BCUT2D eigenvalue weighted by atomic mass is 16.2. The molecule has 0 aliphatic heterocycles. The zero-order valence-electron chi connectivity index (χ0n) is 14.3. The molecule has 3 amide bonds. The summed E-state index contributed by atoms with van der Waals surface area (Å²) in [5, 5.41) is 2.83. The molecule has 1 unspecified atom stereocenters. The molecular weight excluding hydrogens is 290 g/mol. The summed E-state index contributed by atoms with van der Waals surface area (Å²) in [6, 6.07) is 9.29. The van der Waals surface area contributed by atoms with Crippen LogP contribution in [-0.2, 0) is 11.3 Å². The fourth-order valence-corrected chi connectivity index (χ4v) is 2.74. The number of amides is 3. The summed E-state index contributed by atoms with van der Waals surface area (Å²) in [5.41, 5.74) is 1.11. The molecule has 1 saturated carbocycles. The van der Waals surface area contributed by atoms with Gasteiger partial charge in [0.05, 0.1) is 0 Å². The first-order chi connectivity index (χ1) is 11.0. The van der Waals surface area contributed by atoms with Crippen LogP contribution in [0.15, 0.2) is 30.3 Å². The molecule has 1 aliphatic carbocycles. The van der Waals surface area contributed by atoms with E-state index in [0.29, 0.717) is 12.5 Å². The topological polar surface area (TPSA) is 52.7 Å². The van der Waals surface area contributed by atoms with E-state index in [2.05, 4.69) is 5.32 Å². The molecule has 1 aliphatic rings. The van der Waals surface area contributed by atoms with Gasteiger partial charge in [-0.05, 0) is 31.2 Å². The number of urea groups is 1. The number of hydrogen-bond donors (Lipinski definition) is 1.